The summed E-state index contributed by atoms with van der Waals surface area (Å²) in [7, 11) is 1.80. The van der Waals surface area contributed by atoms with Crippen molar-refractivity contribution in [2.24, 2.45) is 11.3 Å². The summed E-state index contributed by atoms with van der Waals surface area (Å²) in [5.74, 6) is 0.941. The third kappa shape index (κ3) is 3.30. The molecule has 0 heterocycles. The minimum absolute atomic E-state index is 0.496. The molecule has 0 saturated heterocycles. The average molecular weight is 184 g/mol. The zero-order valence-electron chi connectivity index (χ0n) is 9.44. The minimum atomic E-state index is 0.496. The summed E-state index contributed by atoms with van der Waals surface area (Å²) >= 11 is 0. The van der Waals surface area contributed by atoms with Gasteiger partial charge in [-0.05, 0) is 30.6 Å². The molecule has 0 bridgehead atoms. The molecule has 1 aliphatic rings. The zero-order valence-corrected chi connectivity index (χ0v) is 9.44. The van der Waals surface area contributed by atoms with Crippen molar-refractivity contribution in [2.45, 2.75) is 52.4 Å². The van der Waals surface area contributed by atoms with Crippen molar-refractivity contribution in [3.63, 3.8) is 0 Å². The summed E-state index contributed by atoms with van der Waals surface area (Å²) in [4.78, 5) is 0. The molecule has 1 saturated carbocycles. The normalized spacial score (nSPS) is 20.5. The van der Waals surface area contributed by atoms with E-state index in [4.69, 9.17) is 4.74 Å². The van der Waals surface area contributed by atoms with Crippen LogP contribution >= 0.6 is 0 Å². The second kappa shape index (κ2) is 4.99. The van der Waals surface area contributed by atoms with Crippen LogP contribution in [0.4, 0.5) is 0 Å². The molecule has 0 aromatic rings. The van der Waals surface area contributed by atoms with E-state index in [0.717, 1.165) is 12.5 Å². The van der Waals surface area contributed by atoms with Crippen LogP contribution in [0.1, 0.15) is 52.4 Å². The number of hydrogen-bond donors (Lipinski definition) is 0. The van der Waals surface area contributed by atoms with E-state index < -0.39 is 0 Å². The summed E-state index contributed by atoms with van der Waals surface area (Å²) in [5, 5.41) is 0. The highest BCUT2D eigenvalue weighted by Gasteiger charge is 2.29. The Labute approximate surface area is 82.9 Å². The van der Waals surface area contributed by atoms with Crippen LogP contribution in [0.5, 0.6) is 0 Å². The Bertz CT molecular complexity index is 134. The number of hydrogen-bond acceptors (Lipinski definition) is 1. The molecule has 0 aliphatic heterocycles. The molecule has 78 valence electrons. The first-order chi connectivity index (χ1) is 6.17. The monoisotopic (exact) mass is 184 g/mol. The van der Waals surface area contributed by atoms with Gasteiger partial charge in [-0.15, -0.1) is 0 Å². The van der Waals surface area contributed by atoms with Gasteiger partial charge in [0.05, 0.1) is 0 Å². The van der Waals surface area contributed by atoms with Crippen LogP contribution in [0.25, 0.3) is 0 Å². The number of rotatable bonds is 4. The Morgan fingerprint density at radius 1 is 1.15 bits per heavy atom. The van der Waals surface area contributed by atoms with E-state index in [2.05, 4.69) is 13.8 Å². The third-order valence-corrected chi connectivity index (χ3v) is 3.66. The van der Waals surface area contributed by atoms with Crippen molar-refractivity contribution in [1.82, 2.24) is 0 Å². The van der Waals surface area contributed by atoms with Gasteiger partial charge < -0.3 is 4.74 Å². The SMILES string of the molecule is COCCC(C)(C)C1CCCCC1. The second-order valence-corrected chi connectivity index (χ2v) is 5.07. The molecule has 0 aromatic carbocycles. The first kappa shape index (κ1) is 11.0. The molecule has 1 rings (SSSR count). The molecule has 0 aromatic heterocycles. The second-order valence-electron chi connectivity index (χ2n) is 5.07. The van der Waals surface area contributed by atoms with Crippen molar-refractivity contribution in [3.8, 4) is 0 Å². The lowest BCUT2D eigenvalue weighted by molar-refractivity contribution is 0.0932. The molecule has 0 spiro atoms. The molecular formula is C12H24O. The van der Waals surface area contributed by atoms with E-state index in [-0.39, 0.29) is 0 Å². The van der Waals surface area contributed by atoms with Crippen molar-refractivity contribution in [3.05, 3.63) is 0 Å². The van der Waals surface area contributed by atoms with Gasteiger partial charge in [0.1, 0.15) is 0 Å². The lowest BCUT2D eigenvalue weighted by Gasteiger charge is -2.37. The van der Waals surface area contributed by atoms with E-state index in [1.54, 1.807) is 7.11 Å². The molecule has 1 fully saturated rings. The van der Waals surface area contributed by atoms with Gasteiger partial charge in [0, 0.05) is 13.7 Å². The summed E-state index contributed by atoms with van der Waals surface area (Å²) in [6.07, 6.45) is 8.45. The predicted octanol–water partition coefficient (Wildman–Crippen LogP) is 3.63. The van der Waals surface area contributed by atoms with Crippen LogP contribution in [-0.4, -0.2) is 13.7 Å². The Balaban J connectivity index is 2.36. The minimum Gasteiger partial charge on any atom is -0.385 e. The van der Waals surface area contributed by atoms with E-state index in [0.29, 0.717) is 5.41 Å². The first-order valence-corrected chi connectivity index (χ1v) is 5.66. The smallest absolute Gasteiger partial charge is 0.0467 e. The van der Waals surface area contributed by atoms with E-state index in [9.17, 15) is 0 Å². The highest BCUT2D eigenvalue weighted by Crippen LogP contribution is 2.40. The fraction of sp³-hybridized carbons (Fsp3) is 1.00. The molecule has 0 unspecified atom stereocenters. The Hall–Kier alpha value is -0.0400. The van der Waals surface area contributed by atoms with E-state index in [1.165, 1.54) is 38.5 Å². The Morgan fingerprint density at radius 2 is 1.77 bits per heavy atom. The fourth-order valence-corrected chi connectivity index (χ4v) is 2.45. The highest BCUT2D eigenvalue weighted by molar-refractivity contribution is 4.80. The maximum Gasteiger partial charge on any atom is 0.0467 e. The van der Waals surface area contributed by atoms with Crippen LogP contribution < -0.4 is 0 Å². The van der Waals surface area contributed by atoms with Crippen LogP contribution in [0.2, 0.25) is 0 Å². The largest absolute Gasteiger partial charge is 0.385 e. The molecule has 0 atom stereocenters. The topological polar surface area (TPSA) is 9.23 Å². The first-order valence-electron chi connectivity index (χ1n) is 5.66. The molecule has 1 heteroatoms. The standard InChI is InChI=1S/C12H24O/c1-12(2,9-10-13-3)11-7-5-4-6-8-11/h11H,4-10H2,1-3H3. The van der Waals surface area contributed by atoms with E-state index in [1.807, 2.05) is 0 Å². The van der Waals surface area contributed by atoms with Crippen LogP contribution in [0.15, 0.2) is 0 Å². The van der Waals surface area contributed by atoms with Crippen molar-refractivity contribution >= 4 is 0 Å². The highest BCUT2D eigenvalue weighted by atomic mass is 16.5. The zero-order chi connectivity index (χ0) is 9.73. The van der Waals surface area contributed by atoms with Crippen LogP contribution in [0.3, 0.4) is 0 Å². The van der Waals surface area contributed by atoms with E-state index >= 15 is 0 Å². The number of methoxy groups -OCH3 is 1. The maximum absolute atomic E-state index is 5.17. The van der Waals surface area contributed by atoms with Gasteiger partial charge >= 0.3 is 0 Å². The molecule has 1 nitrogen and oxygen atoms in total. The summed E-state index contributed by atoms with van der Waals surface area (Å²) in [5.41, 5.74) is 0.496. The van der Waals surface area contributed by atoms with Gasteiger partial charge in [-0.1, -0.05) is 33.1 Å². The molecule has 13 heavy (non-hydrogen) atoms. The Morgan fingerprint density at radius 3 is 2.31 bits per heavy atom. The summed E-state index contributed by atoms with van der Waals surface area (Å²) < 4.78 is 5.17. The predicted molar refractivity (Wildman–Crippen MR) is 56.8 cm³/mol. The van der Waals surface area contributed by atoms with Crippen LogP contribution in [-0.2, 0) is 4.74 Å². The maximum atomic E-state index is 5.17. The molecule has 0 radical (unpaired) electrons. The summed E-state index contributed by atoms with van der Waals surface area (Å²) in [6, 6.07) is 0. The third-order valence-electron chi connectivity index (χ3n) is 3.66. The van der Waals surface area contributed by atoms with Gasteiger partial charge in [-0.25, -0.2) is 0 Å². The van der Waals surface area contributed by atoms with Crippen LogP contribution in [0, 0.1) is 11.3 Å². The van der Waals surface area contributed by atoms with Gasteiger partial charge in [-0.2, -0.15) is 0 Å². The average Bonchev–Trinajstić information content (AvgIpc) is 2.16. The number of ether oxygens (including phenoxy) is 1. The van der Waals surface area contributed by atoms with Gasteiger partial charge in [0.2, 0.25) is 0 Å². The molecule has 0 amide bonds. The van der Waals surface area contributed by atoms with Gasteiger partial charge in [0.25, 0.3) is 0 Å². The summed E-state index contributed by atoms with van der Waals surface area (Å²) in [6.45, 7) is 5.73. The van der Waals surface area contributed by atoms with Crippen molar-refractivity contribution < 1.29 is 4.74 Å². The Kier molecular flexibility index (Phi) is 4.24. The van der Waals surface area contributed by atoms with Crippen molar-refractivity contribution in [1.29, 1.82) is 0 Å². The lowest BCUT2D eigenvalue weighted by atomic mass is 9.69. The van der Waals surface area contributed by atoms with Crippen molar-refractivity contribution in [2.75, 3.05) is 13.7 Å². The quantitative estimate of drug-likeness (QED) is 0.648. The van der Waals surface area contributed by atoms with Gasteiger partial charge in [-0.3, -0.25) is 0 Å². The van der Waals surface area contributed by atoms with Gasteiger partial charge in [0.15, 0.2) is 0 Å². The lowest BCUT2D eigenvalue weighted by Crippen LogP contribution is -2.27. The molecule has 0 N–H and O–H groups in total. The fourth-order valence-electron chi connectivity index (χ4n) is 2.45. The molecular weight excluding hydrogens is 160 g/mol. The molecule has 1 aliphatic carbocycles.